The number of rotatable bonds is 2. The maximum atomic E-state index is 13.1. The Morgan fingerprint density at radius 3 is 2.14 bits per heavy atom. The van der Waals surface area contributed by atoms with Gasteiger partial charge in [0, 0.05) is 18.0 Å². The third-order valence-corrected chi connectivity index (χ3v) is 4.19. The molecule has 0 aliphatic carbocycles. The van der Waals surface area contributed by atoms with Gasteiger partial charge in [-0.15, -0.1) is 0 Å². The predicted molar refractivity (Wildman–Crippen MR) is 87.3 cm³/mol. The van der Waals surface area contributed by atoms with E-state index in [4.69, 9.17) is 0 Å². The first-order valence-electron chi connectivity index (χ1n) is 7.80. The van der Waals surface area contributed by atoms with E-state index in [0.717, 1.165) is 0 Å². The molecule has 0 unspecified atom stereocenters. The number of likely N-dealkylation sites (N-methyl/N-ethyl adjacent to an activating group) is 1. The molecule has 4 heteroatoms. The number of benzene rings is 1. The van der Waals surface area contributed by atoms with Gasteiger partial charge >= 0.3 is 0 Å². The van der Waals surface area contributed by atoms with Gasteiger partial charge in [-0.25, -0.2) is 0 Å². The Hall–Kier alpha value is -1.84. The molecule has 0 radical (unpaired) electrons. The first-order valence-corrected chi connectivity index (χ1v) is 7.80. The number of carbonyl (C=O) groups is 2. The second kappa shape index (κ2) is 5.75. The normalized spacial score (nSPS) is 22.6. The van der Waals surface area contributed by atoms with Gasteiger partial charge in [-0.1, -0.05) is 52.8 Å². The molecule has 1 fully saturated rings. The third kappa shape index (κ3) is 2.74. The molecular weight excluding hydrogens is 276 g/mol. The standard InChI is InChI=1S/C18H26N2O2/c1-12(2)14-16(22)19(6)17(18(3,4)5)20(14)15(21)13-10-8-7-9-11-13/h7-12,14,17H,1-6H3/t14-,17+/m0/s1. The minimum atomic E-state index is -0.401. The average Bonchev–Trinajstić information content (AvgIpc) is 2.71. The van der Waals surface area contributed by atoms with E-state index in [1.807, 2.05) is 44.2 Å². The second-order valence-electron chi connectivity index (χ2n) is 7.46. The van der Waals surface area contributed by atoms with Crippen molar-refractivity contribution >= 4 is 11.8 Å². The van der Waals surface area contributed by atoms with E-state index in [2.05, 4.69) is 20.8 Å². The third-order valence-electron chi connectivity index (χ3n) is 4.19. The lowest BCUT2D eigenvalue weighted by Crippen LogP contribution is -2.51. The van der Waals surface area contributed by atoms with Crippen LogP contribution in [0.3, 0.4) is 0 Å². The van der Waals surface area contributed by atoms with Gasteiger partial charge in [0.2, 0.25) is 5.91 Å². The quantitative estimate of drug-likeness (QED) is 0.842. The molecule has 0 aromatic heterocycles. The molecule has 4 nitrogen and oxygen atoms in total. The Balaban J connectivity index is 2.50. The summed E-state index contributed by atoms with van der Waals surface area (Å²) in [4.78, 5) is 29.2. The molecular formula is C18H26N2O2. The number of hydrogen-bond donors (Lipinski definition) is 0. The second-order valence-corrected chi connectivity index (χ2v) is 7.46. The lowest BCUT2D eigenvalue weighted by Gasteiger charge is -2.39. The molecule has 0 N–H and O–H groups in total. The van der Waals surface area contributed by atoms with E-state index in [-0.39, 0.29) is 29.3 Å². The summed E-state index contributed by atoms with van der Waals surface area (Å²) >= 11 is 0. The zero-order chi connectivity index (χ0) is 16.7. The minimum Gasteiger partial charge on any atom is -0.323 e. The first-order chi connectivity index (χ1) is 10.2. The molecule has 0 bridgehead atoms. The van der Waals surface area contributed by atoms with Crippen LogP contribution in [0.15, 0.2) is 30.3 Å². The van der Waals surface area contributed by atoms with Crippen molar-refractivity contribution in [3.63, 3.8) is 0 Å². The molecule has 1 saturated heterocycles. The van der Waals surface area contributed by atoms with Crippen LogP contribution in [0.25, 0.3) is 0 Å². The van der Waals surface area contributed by atoms with E-state index < -0.39 is 6.04 Å². The Morgan fingerprint density at radius 1 is 1.14 bits per heavy atom. The van der Waals surface area contributed by atoms with Gasteiger partial charge in [-0.3, -0.25) is 9.59 Å². The van der Waals surface area contributed by atoms with Gasteiger partial charge in [0.15, 0.2) is 0 Å². The van der Waals surface area contributed by atoms with E-state index in [1.54, 1.807) is 16.8 Å². The number of hydrogen-bond acceptors (Lipinski definition) is 2. The van der Waals surface area contributed by atoms with Crippen LogP contribution in [0, 0.1) is 11.3 Å². The summed E-state index contributed by atoms with van der Waals surface area (Å²) in [5.74, 6) is 0.0334. The van der Waals surface area contributed by atoms with Crippen molar-refractivity contribution in [3.8, 4) is 0 Å². The van der Waals surface area contributed by atoms with Crippen molar-refractivity contribution in [1.29, 1.82) is 0 Å². The molecule has 1 heterocycles. The number of carbonyl (C=O) groups excluding carboxylic acids is 2. The Labute approximate surface area is 133 Å². The fourth-order valence-electron chi connectivity index (χ4n) is 3.36. The van der Waals surface area contributed by atoms with Gasteiger partial charge in [0.25, 0.3) is 5.91 Å². The van der Waals surface area contributed by atoms with Crippen LogP contribution in [0.2, 0.25) is 0 Å². The van der Waals surface area contributed by atoms with Crippen molar-refractivity contribution in [2.75, 3.05) is 7.05 Å². The van der Waals surface area contributed by atoms with Crippen LogP contribution in [-0.4, -0.2) is 40.9 Å². The van der Waals surface area contributed by atoms with Crippen LogP contribution in [0.4, 0.5) is 0 Å². The predicted octanol–water partition coefficient (Wildman–Crippen LogP) is 3.00. The molecule has 22 heavy (non-hydrogen) atoms. The molecule has 120 valence electrons. The SMILES string of the molecule is CC(C)[C@H]1C(=O)N(C)[C@@H](C(C)(C)C)N1C(=O)c1ccccc1. The minimum absolute atomic E-state index is 0.0270. The molecule has 1 aliphatic rings. The van der Waals surface area contributed by atoms with Gasteiger partial charge in [-0.05, 0) is 18.1 Å². The molecule has 2 atom stereocenters. The number of nitrogens with zero attached hydrogens (tertiary/aromatic N) is 2. The highest BCUT2D eigenvalue weighted by molar-refractivity contribution is 5.99. The summed E-state index contributed by atoms with van der Waals surface area (Å²) in [6, 6.07) is 8.81. The Bertz CT molecular complexity index is 560. The Kier molecular flexibility index (Phi) is 4.32. The largest absolute Gasteiger partial charge is 0.323 e. The molecule has 1 aromatic rings. The molecule has 1 aliphatic heterocycles. The van der Waals surface area contributed by atoms with E-state index in [9.17, 15) is 9.59 Å². The van der Waals surface area contributed by atoms with Crippen molar-refractivity contribution in [3.05, 3.63) is 35.9 Å². The number of amides is 2. The highest BCUT2D eigenvalue weighted by Gasteiger charge is 2.52. The molecule has 0 spiro atoms. The first kappa shape index (κ1) is 16.5. The van der Waals surface area contributed by atoms with Gasteiger partial charge in [0.1, 0.15) is 12.2 Å². The van der Waals surface area contributed by atoms with Crippen molar-refractivity contribution in [1.82, 2.24) is 9.80 Å². The van der Waals surface area contributed by atoms with Crippen LogP contribution in [-0.2, 0) is 4.79 Å². The van der Waals surface area contributed by atoms with Crippen molar-refractivity contribution in [2.24, 2.45) is 11.3 Å². The summed E-state index contributed by atoms with van der Waals surface area (Å²) in [6.45, 7) is 10.2. The zero-order valence-corrected chi connectivity index (χ0v) is 14.3. The van der Waals surface area contributed by atoms with Crippen molar-refractivity contribution in [2.45, 2.75) is 46.8 Å². The van der Waals surface area contributed by atoms with Gasteiger partial charge < -0.3 is 9.80 Å². The van der Waals surface area contributed by atoms with Crippen LogP contribution in [0.5, 0.6) is 0 Å². The van der Waals surface area contributed by atoms with E-state index in [1.165, 1.54) is 0 Å². The summed E-state index contributed by atoms with van der Waals surface area (Å²) in [7, 11) is 1.80. The summed E-state index contributed by atoms with van der Waals surface area (Å²) in [6.07, 6.45) is -0.236. The molecule has 1 aromatic carbocycles. The summed E-state index contributed by atoms with van der Waals surface area (Å²) < 4.78 is 0. The average molecular weight is 302 g/mol. The van der Waals surface area contributed by atoms with Crippen LogP contribution < -0.4 is 0 Å². The summed E-state index contributed by atoms with van der Waals surface area (Å²) in [5, 5.41) is 0. The Morgan fingerprint density at radius 2 is 1.68 bits per heavy atom. The highest BCUT2D eigenvalue weighted by Crippen LogP contribution is 2.37. The molecule has 0 saturated carbocycles. The smallest absolute Gasteiger partial charge is 0.256 e. The zero-order valence-electron chi connectivity index (χ0n) is 14.3. The fraction of sp³-hybridized carbons (Fsp3) is 0.556. The topological polar surface area (TPSA) is 40.6 Å². The highest BCUT2D eigenvalue weighted by atomic mass is 16.2. The monoisotopic (exact) mass is 302 g/mol. The van der Waals surface area contributed by atoms with Crippen LogP contribution in [0.1, 0.15) is 45.0 Å². The lowest BCUT2D eigenvalue weighted by atomic mass is 9.90. The molecule has 2 amide bonds. The maximum absolute atomic E-state index is 13.1. The van der Waals surface area contributed by atoms with Crippen molar-refractivity contribution < 1.29 is 9.59 Å². The van der Waals surface area contributed by atoms with E-state index in [0.29, 0.717) is 5.56 Å². The summed E-state index contributed by atoms with van der Waals surface area (Å²) in [5.41, 5.74) is 0.420. The van der Waals surface area contributed by atoms with Gasteiger partial charge in [-0.2, -0.15) is 0 Å². The van der Waals surface area contributed by atoms with Gasteiger partial charge in [0.05, 0.1) is 0 Å². The maximum Gasteiger partial charge on any atom is 0.256 e. The lowest BCUT2D eigenvalue weighted by molar-refractivity contribution is -0.130. The van der Waals surface area contributed by atoms with Crippen LogP contribution >= 0.6 is 0 Å². The fourth-order valence-corrected chi connectivity index (χ4v) is 3.36. The molecule has 2 rings (SSSR count). The van der Waals surface area contributed by atoms with E-state index >= 15 is 0 Å².